The van der Waals surface area contributed by atoms with Crippen LogP contribution >= 0.6 is 0 Å². The van der Waals surface area contributed by atoms with Gasteiger partial charge in [-0.15, -0.1) is 0 Å². The summed E-state index contributed by atoms with van der Waals surface area (Å²) in [5.74, 6) is 0.608. The molecule has 4 nitrogen and oxygen atoms in total. The molecule has 1 aliphatic rings. The smallest absolute Gasteiger partial charge is 0.225 e. The number of benzene rings is 2. The number of fused-ring (bicyclic) bond motifs is 1. The fraction of sp³-hybridized carbons (Fsp3) is 0.364. The number of amides is 1. The van der Waals surface area contributed by atoms with E-state index in [1.54, 1.807) is 0 Å². The zero-order valence-electron chi connectivity index (χ0n) is 15.4. The lowest BCUT2D eigenvalue weighted by Gasteiger charge is -2.34. The minimum Gasteiger partial charge on any atom is -0.342 e. The predicted octanol–water partition coefficient (Wildman–Crippen LogP) is 4.59. The molecule has 3 aromatic rings. The van der Waals surface area contributed by atoms with E-state index in [0.29, 0.717) is 5.92 Å². The molecule has 0 saturated carbocycles. The number of rotatable bonds is 3. The van der Waals surface area contributed by atoms with Crippen LogP contribution < -0.4 is 0 Å². The van der Waals surface area contributed by atoms with E-state index in [1.165, 1.54) is 16.3 Å². The van der Waals surface area contributed by atoms with Gasteiger partial charge in [0, 0.05) is 36.2 Å². The first-order chi connectivity index (χ1) is 12.6. The third-order valence-electron chi connectivity index (χ3n) is 5.38. The second kappa shape index (κ2) is 6.94. The molecule has 1 aromatic heterocycles. The first-order valence-electron chi connectivity index (χ1n) is 9.45. The molecule has 0 unspecified atom stereocenters. The zero-order chi connectivity index (χ0) is 18.1. The van der Waals surface area contributed by atoms with Gasteiger partial charge in [0.2, 0.25) is 5.91 Å². The molecular weight excluding hydrogens is 322 g/mol. The predicted molar refractivity (Wildman–Crippen MR) is 105 cm³/mol. The second-order valence-corrected chi connectivity index (χ2v) is 7.50. The van der Waals surface area contributed by atoms with Crippen LogP contribution in [0.1, 0.15) is 38.3 Å². The van der Waals surface area contributed by atoms with Gasteiger partial charge in [-0.2, -0.15) is 5.10 Å². The fourth-order valence-corrected chi connectivity index (χ4v) is 4.06. The number of aromatic amines is 1. The average molecular weight is 347 g/mol. The highest BCUT2D eigenvalue weighted by Crippen LogP contribution is 2.36. The maximum Gasteiger partial charge on any atom is 0.225 e. The van der Waals surface area contributed by atoms with E-state index in [2.05, 4.69) is 52.7 Å². The van der Waals surface area contributed by atoms with Crippen molar-refractivity contribution in [2.24, 2.45) is 5.92 Å². The molecule has 2 heterocycles. The molecular formula is C22H25N3O. The molecule has 4 heteroatoms. The number of carbonyl (C=O) groups excluding carboxylic acids is 1. The van der Waals surface area contributed by atoms with Gasteiger partial charge in [-0.05, 0) is 29.2 Å². The summed E-state index contributed by atoms with van der Waals surface area (Å²) in [6.45, 7) is 5.59. The van der Waals surface area contributed by atoms with Gasteiger partial charge in [-0.1, -0.05) is 56.3 Å². The van der Waals surface area contributed by atoms with Crippen LogP contribution in [0.2, 0.25) is 0 Å². The Morgan fingerprint density at radius 1 is 1.15 bits per heavy atom. The summed E-state index contributed by atoms with van der Waals surface area (Å²) < 4.78 is 0. The number of nitrogens with zero attached hydrogens (tertiary/aromatic N) is 2. The number of hydrogen-bond donors (Lipinski definition) is 1. The summed E-state index contributed by atoms with van der Waals surface area (Å²) >= 11 is 0. The Labute approximate surface area is 154 Å². The van der Waals surface area contributed by atoms with Crippen molar-refractivity contribution in [2.45, 2.75) is 32.6 Å². The number of carbonyl (C=O) groups is 1. The van der Waals surface area contributed by atoms with E-state index in [-0.39, 0.29) is 11.8 Å². The molecule has 1 N–H and O–H groups in total. The molecule has 0 radical (unpaired) electrons. The first kappa shape index (κ1) is 16.8. The Morgan fingerprint density at radius 2 is 1.96 bits per heavy atom. The standard InChI is InChI=1S/C22H25N3O/c1-15(2)22(26)25-12-6-9-17(14-25)21-20(13-23-24-21)19-11-5-8-16-7-3-4-10-18(16)19/h3-5,7-8,10-11,13,15,17H,6,9,12,14H2,1-2H3,(H,23,24)/t17-/m1/s1. The number of hydrogen-bond acceptors (Lipinski definition) is 2. The van der Waals surface area contributed by atoms with Gasteiger partial charge in [0.15, 0.2) is 0 Å². The van der Waals surface area contributed by atoms with Crippen molar-refractivity contribution >= 4 is 16.7 Å². The average Bonchev–Trinajstić information content (AvgIpc) is 3.16. The largest absolute Gasteiger partial charge is 0.342 e. The molecule has 4 rings (SSSR count). The highest BCUT2D eigenvalue weighted by Gasteiger charge is 2.28. The number of aromatic nitrogens is 2. The van der Waals surface area contributed by atoms with E-state index < -0.39 is 0 Å². The van der Waals surface area contributed by atoms with Crippen molar-refractivity contribution in [2.75, 3.05) is 13.1 Å². The number of nitrogens with one attached hydrogen (secondary N) is 1. The first-order valence-corrected chi connectivity index (χ1v) is 9.45. The second-order valence-electron chi connectivity index (χ2n) is 7.50. The van der Waals surface area contributed by atoms with E-state index >= 15 is 0 Å². The topological polar surface area (TPSA) is 49.0 Å². The molecule has 0 aliphatic carbocycles. The van der Waals surface area contributed by atoms with Crippen molar-refractivity contribution in [3.05, 3.63) is 54.4 Å². The van der Waals surface area contributed by atoms with Crippen molar-refractivity contribution in [3.8, 4) is 11.1 Å². The molecule has 1 amide bonds. The van der Waals surface area contributed by atoms with Gasteiger partial charge in [0.1, 0.15) is 0 Å². The summed E-state index contributed by atoms with van der Waals surface area (Å²) in [5, 5.41) is 10.1. The van der Waals surface area contributed by atoms with Crippen molar-refractivity contribution in [1.82, 2.24) is 15.1 Å². The third-order valence-corrected chi connectivity index (χ3v) is 5.38. The molecule has 1 saturated heterocycles. The molecule has 0 bridgehead atoms. The normalized spacial score (nSPS) is 17.8. The SMILES string of the molecule is CC(C)C(=O)N1CCC[C@@H](c2[nH]ncc2-c2cccc3ccccc23)C1. The number of H-pyrrole nitrogens is 1. The van der Waals surface area contributed by atoms with Crippen LogP contribution in [0.4, 0.5) is 0 Å². The van der Waals surface area contributed by atoms with Crippen LogP contribution in [0, 0.1) is 5.92 Å². The van der Waals surface area contributed by atoms with E-state index in [4.69, 9.17) is 0 Å². The summed E-state index contributed by atoms with van der Waals surface area (Å²) in [4.78, 5) is 14.5. The lowest BCUT2D eigenvalue weighted by Crippen LogP contribution is -2.41. The molecule has 26 heavy (non-hydrogen) atoms. The molecule has 1 atom stereocenters. The molecule has 134 valence electrons. The number of piperidine rings is 1. The maximum absolute atomic E-state index is 12.4. The van der Waals surface area contributed by atoms with Crippen molar-refractivity contribution in [1.29, 1.82) is 0 Å². The fourth-order valence-electron chi connectivity index (χ4n) is 4.06. The Bertz CT molecular complexity index is 923. The monoisotopic (exact) mass is 347 g/mol. The van der Waals surface area contributed by atoms with Crippen LogP contribution in [0.25, 0.3) is 21.9 Å². The highest BCUT2D eigenvalue weighted by molar-refractivity contribution is 5.97. The maximum atomic E-state index is 12.4. The third kappa shape index (κ3) is 3.00. The highest BCUT2D eigenvalue weighted by atomic mass is 16.2. The Hall–Kier alpha value is -2.62. The lowest BCUT2D eigenvalue weighted by molar-refractivity contribution is -0.135. The van der Waals surface area contributed by atoms with Crippen molar-refractivity contribution < 1.29 is 4.79 Å². The van der Waals surface area contributed by atoms with E-state index in [1.807, 2.05) is 24.9 Å². The van der Waals surface area contributed by atoms with Gasteiger partial charge >= 0.3 is 0 Å². The van der Waals surface area contributed by atoms with Crippen LogP contribution in [0.5, 0.6) is 0 Å². The van der Waals surface area contributed by atoms with Gasteiger partial charge < -0.3 is 4.90 Å². The Kier molecular flexibility index (Phi) is 4.49. The zero-order valence-corrected chi connectivity index (χ0v) is 15.4. The summed E-state index contributed by atoms with van der Waals surface area (Å²) in [7, 11) is 0. The lowest BCUT2D eigenvalue weighted by atomic mass is 9.89. The summed E-state index contributed by atoms with van der Waals surface area (Å²) in [5.41, 5.74) is 3.52. The quantitative estimate of drug-likeness (QED) is 0.753. The van der Waals surface area contributed by atoms with Gasteiger partial charge in [0.25, 0.3) is 0 Å². The van der Waals surface area contributed by atoms with Crippen LogP contribution in [-0.4, -0.2) is 34.1 Å². The molecule has 0 spiro atoms. The van der Waals surface area contributed by atoms with Crippen LogP contribution in [0.3, 0.4) is 0 Å². The minimum atomic E-state index is 0.0491. The number of likely N-dealkylation sites (tertiary alicyclic amines) is 1. The van der Waals surface area contributed by atoms with Gasteiger partial charge in [-0.3, -0.25) is 9.89 Å². The van der Waals surface area contributed by atoms with Gasteiger partial charge in [-0.25, -0.2) is 0 Å². The molecule has 2 aromatic carbocycles. The van der Waals surface area contributed by atoms with Gasteiger partial charge in [0.05, 0.1) is 6.20 Å². The Balaban J connectivity index is 1.70. The van der Waals surface area contributed by atoms with Crippen LogP contribution in [0.15, 0.2) is 48.7 Å². The van der Waals surface area contributed by atoms with E-state index in [0.717, 1.165) is 37.2 Å². The van der Waals surface area contributed by atoms with E-state index in [9.17, 15) is 4.79 Å². The molecule has 1 aliphatic heterocycles. The minimum absolute atomic E-state index is 0.0491. The Morgan fingerprint density at radius 3 is 2.81 bits per heavy atom. The molecule has 1 fully saturated rings. The van der Waals surface area contributed by atoms with Crippen LogP contribution in [-0.2, 0) is 4.79 Å². The summed E-state index contributed by atoms with van der Waals surface area (Å²) in [6, 6.07) is 14.9. The summed E-state index contributed by atoms with van der Waals surface area (Å²) in [6.07, 6.45) is 4.05. The van der Waals surface area contributed by atoms with Crippen molar-refractivity contribution in [3.63, 3.8) is 0 Å².